The number of halogens is 3. The molecule has 0 radical (unpaired) electrons. The number of hydrogen-bond donors (Lipinski definition) is 17. The quantitative estimate of drug-likeness (QED) is 0.00570. The number of carbonyl (C=O) groups excluding carboxylic acids is 8. The van der Waals surface area contributed by atoms with Crippen molar-refractivity contribution in [1.82, 2.24) is 20.4 Å². The molecular formula is C81H83F3N12O26S4. The SMILES string of the molecule is C=CCN(CC(=O)O)C(=O)CCc1ccc(C(=O)Oc2ccc(C(=N)N)cc2F)s1.CCCC(Cc1ccc(C(=O)Oc2ccc(C(=N)N)cc2)s1)C(=O)N[C@@H](CC(=O)O)C(=O)O.N=C(N)c1ccc(OC(=O)c2ccc(CCC(=O)N(CCC(=O)O)CC(=O)O)s2)c(F)c1.N=C(N)c1ccc(OC(=O)c2ccc(CCC(=O)N[C@H](CC(=O)O)C(=O)O)s2)c(F)c1. The van der Waals surface area contributed by atoms with Gasteiger partial charge in [0.25, 0.3) is 0 Å². The van der Waals surface area contributed by atoms with Crippen LogP contribution in [0.25, 0.3) is 0 Å². The lowest BCUT2D eigenvalue weighted by Gasteiger charge is -2.19. The van der Waals surface area contributed by atoms with E-state index in [-0.39, 0.29) is 136 Å². The highest BCUT2D eigenvalue weighted by molar-refractivity contribution is 7.15. The van der Waals surface area contributed by atoms with Gasteiger partial charge < -0.3 is 98.1 Å². The van der Waals surface area contributed by atoms with Crippen molar-refractivity contribution in [3.63, 3.8) is 0 Å². The second-order valence-corrected chi connectivity index (χ2v) is 31.0. The molecule has 0 fully saturated rings. The molecule has 126 heavy (non-hydrogen) atoms. The summed E-state index contributed by atoms with van der Waals surface area (Å²) in [5.74, 6) is -18.9. The number of esters is 4. The lowest BCUT2D eigenvalue weighted by molar-refractivity contribution is -0.147. The third kappa shape index (κ3) is 34.6. The summed E-state index contributed by atoms with van der Waals surface area (Å²) in [6.07, 6.45) is 1.53. The average molecular weight is 1830 g/mol. The Hall–Kier alpha value is -14.9. The van der Waals surface area contributed by atoms with Crippen molar-refractivity contribution in [1.29, 1.82) is 21.6 Å². The van der Waals surface area contributed by atoms with Crippen molar-refractivity contribution >= 4 is 158 Å². The predicted octanol–water partition coefficient (Wildman–Crippen LogP) is 7.75. The predicted molar refractivity (Wildman–Crippen MR) is 448 cm³/mol. The van der Waals surface area contributed by atoms with Crippen LogP contribution >= 0.6 is 45.3 Å². The molecule has 0 saturated heterocycles. The molecule has 4 aromatic carbocycles. The molecule has 45 heteroatoms. The number of nitrogens with one attached hydrogen (secondary N) is 6. The van der Waals surface area contributed by atoms with Gasteiger partial charge in [0.15, 0.2) is 34.7 Å². The minimum atomic E-state index is -1.54. The number of benzene rings is 4. The number of nitrogens with zero attached hydrogens (tertiary/aromatic N) is 2. The largest absolute Gasteiger partial charge is 0.481 e. The van der Waals surface area contributed by atoms with Gasteiger partial charge in [0, 0.05) is 80.0 Å². The van der Waals surface area contributed by atoms with E-state index in [4.69, 9.17) is 99.3 Å². The maximum Gasteiger partial charge on any atom is 0.353 e. The van der Waals surface area contributed by atoms with Gasteiger partial charge in [-0.1, -0.05) is 19.4 Å². The Bertz CT molecular complexity index is 5420. The zero-order chi connectivity index (χ0) is 93.8. The molecule has 0 saturated carbocycles. The molecular weight excluding hydrogens is 1740 g/mol. The van der Waals surface area contributed by atoms with E-state index in [1.54, 1.807) is 42.5 Å². The first kappa shape index (κ1) is 102. The van der Waals surface area contributed by atoms with Crippen LogP contribution in [0.5, 0.6) is 23.0 Å². The van der Waals surface area contributed by atoms with Crippen molar-refractivity contribution < 1.29 is 140 Å². The first-order valence-electron chi connectivity index (χ1n) is 36.8. The number of thiophene rings is 4. The molecule has 0 aliphatic carbocycles. The highest BCUT2D eigenvalue weighted by atomic mass is 32.1. The molecule has 21 N–H and O–H groups in total. The Morgan fingerprint density at radius 1 is 0.437 bits per heavy atom. The van der Waals surface area contributed by atoms with Crippen LogP contribution in [0.15, 0.2) is 140 Å². The van der Waals surface area contributed by atoms with Crippen molar-refractivity contribution in [3.05, 3.63) is 219 Å². The lowest BCUT2D eigenvalue weighted by atomic mass is 9.97. The molecule has 4 amide bonds. The van der Waals surface area contributed by atoms with E-state index in [1.165, 1.54) is 77.7 Å². The molecule has 0 bridgehead atoms. The summed E-state index contributed by atoms with van der Waals surface area (Å²) >= 11 is 4.29. The van der Waals surface area contributed by atoms with Gasteiger partial charge in [0.2, 0.25) is 23.6 Å². The summed E-state index contributed by atoms with van der Waals surface area (Å²) in [6.45, 7) is 4.26. The van der Waals surface area contributed by atoms with E-state index in [2.05, 4.69) is 17.2 Å². The number of ether oxygens (including phenoxy) is 4. The number of nitrogens with two attached hydrogens (primary N) is 4. The van der Waals surface area contributed by atoms with Gasteiger partial charge >= 0.3 is 65.7 Å². The Labute approximate surface area is 728 Å². The van der Waals surface area contributed by atoms with Crippen molar-refractivity contribution in [2.75, 3.05) is 26.2 Å². The number of rotatable bonds is 43. The summed E-state index contributed by atoms with van der Waals surface area (Å²) < 4.78 is 62.5. The van der Waals surface area contributed by atoms with Crippen LogP contribution in [-0.4, -0.2) is 196 Å². The smallest absolute Gasteiger partial charge is 0.353 e. The third-order valence-corrected chi connectivity index (χ3v) is 21.2. The highest BCUT2D eigenvalue weighted by Crippen LogP contribution is 2.30. The van der Waals surface area contributed by atoms with E-state index in [0.717, 1.165) is 78.2 Å². The Kier molecular flexibility index (Phi) is 40.3. The number of carbonyl (C=O) groups is 15. The fourth-order valence-corrected chi connectivity index (χ4v) is 14.1. The minimum Gasteiger partial charge on any atom is -0.481 e. The van der Waals surface area contributed by atoms with Crippen molar-refractivity contribution in [2.24, 2.45) is 28.9 Å². The average Bonchev–Trinajstić information content (AvgIpc) is 1.56. The van der Waals surface area contributed by atoms with Crippen LogP contribution in [0.3, 0.4) is 0 Å². The number of carboxylic acids is 7. The van der Waals surface area contributed by atoms with Gasteiger partial charge in [0.1, 0.15) is 73.8 Å². The van der Waals surface area contributed by atoms with Gasteiger partial charge in [-0.2, -0.15) is 0 Å². The topological polar surface area (TPSA) is 665 Å². The molecule has 668 valence electrons. The molecule has 8 rings (SSSR count). The normalized spacial score (nSPS) is 11.1. The van der Waals surface area contributed by atoms with Gasteiger partial charge in [-0.3, -0.25) is 64.8 Å². The summed E-state index contributed by atoms with van der Waals surface area (Å²) in [6, 6.07) is 26.2. The second kappa shape index (κ2) is 49.9. The van der Waals surface area contributed by atoms with E-state index < -0.39 is 145 Å². The van der Waals surface area contributed by atoms with Crippen molar-refractivity contribution in [2.45, 2.75) is 96.1 Å². The Balaban J connectivity index is 0.000000298. The molecule has 38 nitrogen and oxygen atoms in total. The Morgan fingerprint density at radius 3 is 1.13 bits per heavy atom. The number of aryl methyl sites for hydroxylation is 3. The number of aliphatic carboxylic acids is 7. The van der Waals surface area contributed by atoms with Crippen LogP contribution in [0.4, 0.5) is 13.2 Å². The monoisotopic (exact) mass is 1820 g/mol. The van der Waals surface area contributed by atoms with Crippen LogP contribution in [0.1, 0.15) is 139 Å². The molecule has 4 aromatic heterocycles. The van der Waals surface area contributed by atoms with Gasteiger partial charge in [-0.05, 0) is 159 Å². The molecule has 8 aromatic rings. The summed E-state index contributed by atoms with van der Waals surface area (Å²) in [5, 5.41) is 95.7. The second-order valence-electron chi connectivity index (χ2n) is 26.3. The molecule has 3 atom stereocenters. The van der Waals surface area contributed by atoms with Crippen LogP contribution < -0.4 is 52.5 Å². The first-order chi connectivity index (χ1) is 59.4. The molecule has 0 aliphatic heterocycles. The van der Waals surface area contributed by atoms with Gasteiger partial charge in [-0.15, -0.1) is 51.9 Å². The maximum absolute atomic E-state index is 14.0. The fraction of sp³-hybridized carbons (Fsp3) is 0.247. The zero-order valence-corrected chi connectivity index (χ0v) is 69.6. The summed E-state index contributed by atoms with van der Waals surface area (Å²) in [4.78, 5) is 180. The summed E-state index contributed by atoms with van der Waals surface area (Å²) in [5.41, 5.74) is 22.2. The van der Waals surface area contributed by atoms with E-state index in [0.29, 0.717) is 45.2 Å². The molecule has 4 heterocycles. The van der Waals surface area contributed by atoms with Crippen molar-refractivity contribution in [3.8, 4) is 23.0 Å². The lowest BCUT2D eigenvalue weighted by Crippen LogP contribution is -2.45. The number of hydrogen-bond acceptors (Lipinski definition) is 27. The third-order valence-electron chi connectivity index (χ3n) is 16.7. The zero-order valence-electron chi connectivity index (χ0n) is 66.3. The maximum atomic E-state index is 14.0. The number of carboxylic acid groups (broad SMARTS) is 7. The van der Waals surface area contributed by atoms with Crippen LogP contribution in [-0.2, 0) is 78.4 Å². The number of nitrogen functional groups attached to an aromatic ring is 4. The van der Waals surface area contributed by atoms with Crippen LogP contribution in [0.2, 0.25) is 0 Å². The minimum absolute atomic E-state index is 0.0667. The van der Waals surface area contributed by atoms with Gasteiger partial charge in [-0.25, -0.2) is 41.9 Å². The highest BCUT2D eigenvalue weighted by Gasteiger charge is 2.30. The molecule has 0 aliphatic rings. The van der Waals surface area contributed by atoms with Gasteiger partial charge in [0.05, 0.1) is 19.3 Å². The fourth-order valence-electron chi connectivity index (χ4n) is 10.5. The Morgan fingerprint density at radius 2 is 0.786 bits per heavy atom. The standard InChI is InChI=1S/C22H25N3O7S.C20H20FN3O7S.C20H20FN3O5S.C19H18FN3O7S/c1-2-3-13(20(28)25-16(21(29)30)11-18(26)27)10-15-8-9-17(33-15)22(31)32-14-6-4-12(5-7-14)19(23)24;21-13-9-11(19(22)23)1-4-14(13)31-20(30)15-5-2-12(32-15)3-6-16(25)24(10-18(28)29)8-7-17(26)27;1-2-9-24(11-18(26)27)17(25)8-5-13-4-7-16(30-13)20(28)29-15-6-3-12(19(22)23)10-14(15)21;20-11-7-9(17(21)22)1-4-13(11)30-19(29)14-5-2-10(31-14)3-6-15(24)23-12(18(27)28)8-16(25)26/h4-9,13,16H,2-3,10-11H2,1H3,(H3,23,24)(H,25,28)(H,26,27)(H,29,30);1-2,4-5,9H,3,6-8,10H2,(H3,22,23)(H,26,27)(H,28,29);2-4,6-7,10H,1,5,8-9,11H2,(H3,22,23)(H,26,27);1-2,4-5,7,12H,3,6,8H2,(H3,21,22)(H,23,24)(H,25,26)(H,27,28)/t13?,16-;;;12-/m0..1/s1. The molecule has 0 spiro atoms. The van der Waals surface area contributed by atoms with Crippen LogP contribution in [0, 0.1) is 45.0 Å². The number of amides is 4. The summed E-state index contributed by atoms with van der Waals surface area (Å²) in [7, 11) is 0. The molecule has 1 unspecified atom stereocenters. The van der Waals surface area contributed by atoms with E-state index in [1.807, 2.05) is 6.92 Å². The number of amidine groups is 4. The van der Waals surface area contributed by atoms with E-state index in [9.17, 15) is 85.1 Å². The van der Waals surface area contributed by atoms with E-state index >= 15 is 0 Å². The first-order valence-corrected chi connectivity index (χ1v) is 40.1.